The first kappa shape index (κ1) is 24.2. The van der Waals surface area contributed by atoms with Gasteiger partial charge in [-0.3, -0.25) is 14.4 Å². The molecule has 4 rings (SSSR count). The van der Waals surface area contributed by atoms with Gasteiger partial charge in [-0.2, -0.15) is 0 Å². The molecular weight excluding hydrogens is 471 g/mol. The molecule has 2 heterocycles. The highest BCUT2D eigenvalue weighted by Gasteiger charge is 2.26. The minimum absolute atomic E-state index is 0.166. The summed E-state index contributed by atoms with van der Waals surface area (Å²) in [7, 11) is 0. The molecule has 0 aliphatic carbocycles. The summed E-state index contributed by atoms with van der Waals surface area (Å²) in [5.74, 6) is -1.45. The Morgan fingerprint density at radius 1 is 1.14 bits per heavy atom. The third-order valence-electron chi connectivity index (χ3n) is 5.93. The summed E-state index contributed by atoms with van der Waals surface area (Å²) < 4.78 is 13.2. The number of benzene rings is 2. The molecule has 0 saturated heterocycles. The summed E-state index contributed by atoms with van der Waals surface area (Å²) in [4.78, 5) is 40.6. The Kier molecular flexibility index (Phi) is 6.75. The predicted molar refractivity (Wildman–Crippen MR) is 135 cm³/mol. The number of hydrogen-bond acceptors (Lipinski definition) is 3. The van der Waals surface area contributed by atoms with Crippen LogP contribution in [0.3, 0.4) is 0 Å². The molecule has 1 aliphatic heterocycles. The van der Waals surface area contributed by atoms with Crippen LogP contribution in [0.4, 0.5) is 15.8 Å². The number of nitrogens with one attached hydrogen (secondary N) is 4. The molecule has 1 aliphatic rings. The van der Waals surface area contributed by atoms with Gasteiger partial charge < -0.3 is 20.9 Å². The SMILES string of the molecule is Cc1[nH]c(/C=C2\C(=O)Nc3ccc(C(=O)NC(C)c4ccc(F)cc4)cc32)c(C)c1NC(=O)CCl. The summed E-state index contributed by atoms with van der Waals surface area (Å²) in [6.07, 6.45) is 1.70. The topological polar surface area (TPSA) is 103 Å². The molecule has 0 radical (unpaired) electrons. The minimum atomic E-state index is -0.344. The van der Waals surface area contributed by atoms with E-state index in [1.54, 1.807) is 36.4 Å². The molecule has 1 unspecified atom stereocenters. The second-order valence-corrected chi connectivity index (χ2v) is 8.63. The van der Waals surface area contributed by atoms with Gasteiger partial charge in [0.2, 0.25) is 5.91 Å². The van der Waals surface area contributed by atoms with Crippen LogP contribution in [0.1, 0.15) is 51.4 Å². The molecule has 0 spiro atoms. The maximum Gasteiger partial charge on any atom is 0.256 e. The Morgan fingerprint density at radius 3 is 2.54 bits per heavy atom. The quantitative estimate of drug-likeness (QED) is 0.288. The number of aromatic nitrogens is 1. The van der Waals surface area contributed by atoms with Gasteiger partial charge in [0.25, 0.3) is 11.8 Å². The fourth-order valence-electron chi connectivity index (χ4n) is 4.01. The van der Waals surface area contributed by atoms with E-state index >= 15 is 0 Å². The number of rotatable bonds is 6. The van der Waals surface area contributed by atoms with Crippen molar-refractivity contribution in [2.75, 3.05) is 16.5 Å². The number of carbonyl (C=O) groups is 3. The normalized spacial score (nSPS) is 14.4. The summed E-state index contributed by atoms with van der Waals surface area (Å²) in [6, 6.07) is 10.6. The van der Waals surface area contributed by atoms with E-state index in [-0.39, 0.29) is 35.5 Å². The zero-order chi connectivity index (χ0) is 25.3. The van der Waals surface area contributed by atoms with Crippen LogP contribution < -0.4 is 16.0 Å². The first-order chi connectivity index (χ1) is 16.7. The molecule has 4 N–H and O–H groups in total. The van der Waals surface area contributed by atoms with Crippen LogP contribution in [0.15, 0.2) is 42.5 Å². The van der Waals surface area contributed by atoms with E-state index in [0.29, 0.717) is 33.8 Å². The van der Waals surface area contributed by atoms with Crippen LogP contribution in [0.25, 0.3) is 11.6 Å². The lowest BCUT2D eigenvalue weighted by Crippen LogP contribution is -2.26. The van der Waals surface area contributed by atoms with E-state index < -0.39 is 0 Å². The van der Waals surface area contributed by atoms with Gasteiger partial charge in [0.15, 0.2) is 0 Å². The predicted octanol–water partition coefficient (Wildman–Crippen LogP) is 4.93. The smallest absolute Gasteiger partial charge is 0.256 e. The number of hydrogen-bond donors (Lipinski definition) is 4. The van der Waals surface area contributed by atoms with Gasteiger partial charge in [0.05, 0.1) is 17.3 Å². The standard InChI is InChI=1S/C26H24ClFN4O3/c1-13-22(29-15(3)24(13)32-23(33)12-27)11-20-19-10-17(6-9-21(19)31-26(20)35)25(34)30-14(2)16-4-7-18(28)8-5-16/h4-11,14,29H,12H2,1-3H3,(H,30,34)(H,31,35)(H,32,33)/b20-11-. The third kappa shape index (κ3) is 4.97. The number of amides is 3. The second kappa shape index (κ2) is 9.76. The largest absolute Gasteiger partial charge is 0.357 e. The van der Waals surface area contributed by atoms with Gasteiger partial charge in [-0.1, -0.05) is 12.1 Å². The minimum Gasteiger partial charge on any atom is -0.357 e. The van der Waals surface area contributed by atoms with Crippen molar-refractivity contribution in [3.05, 3.63) is 81.9 Å². The zero-order valence-electron chi connectivity index (χ0n) is 19.4. The van der Waals surface area contributed by atoms with Gasteiger partial charge in [0.1, 0.15) is 11.7 Å². The molecule has 3 aromatic rings. The van der Waals surface area contributed by atoms with Crippen molar-refractivity contribution in [1.29, 1.82) is 0 Å². The fourth-order valence-corrected chi connectivity index (χ4v) is 4.08. The Morgan fingerprint density at radius 2 is 1.86 bits per heavy atom. The van der Waals surface area contributed by atoms with Gasteiger partial charge in [-0.25, -0.2) is 4.39 Å². The van der Waals surface area contributed by atoms with Gasteiger partial charge in [-0.05, 0) is 68.3 Å². The average Bonchev–Trinajstić information content (AvgIpc) is 3.29. The van der Waals surface area contributed by atoms with E-state index in [1.807, 2.05) is 20.8 Å². The number of anilines is 2. The number of halogens is 2. The van der Waals surface area contributed by atoms with E-state index in [1.165, 1.54) is 12.1 Å². The van der Waals surface area contributed by atoms with Crippen LogP contribution in [0.5, 0.6) is 0 Å². The van der Waals surface area contributed by atoms with Crippen LogP contribution in [-0.4, -0.2) is 28.6 Å². The zero-order valence-corrected chi connectivity index (χ0v) is 20.1. The number of aryl methyl sites for hydroxylation is 1. The first-order valence-corrected chi connectivity index (χ1v) is 11.5. The van der Waals surface area contributed by atoms with E-state index in [2.05, 4.69) is 20.9 Å². The highest BCUT2D eigenvalue weighted by atomic mass is 35.5. The Balaban J connectivity index is 1.61. The van der Waals surface area contributed by atoms with E-state index in [9.17, 15) is 18.8 Å². The third-order valence-corrected chi connectivity index (χ3v) is 6.18. The van der Waals surface area contributed by atoms with Crippen molar-refractivity contribution >= 4 is 52.3 Å². The Bertz CT molecular complexity index is 1360. The highest BCUT2D eigenvalue weighted by Crippen LogP contribution is 2.35. The van der Waals surface area contributed by atoms with Gasteiger partial charge in [0, 0.05) is 28.2 Å². The second-order valence-electron chi connectivity index (χ2n) is 8.36. The Labute approximate surface area is 206 Å². The van der Waals surface area contributed by atoms with E-state index in [0.717, 1.165) is 16.8 Å². The van der Waals surface area contributed by atoms with E-state index in [4.69, 9.17) is 11.6 Å². The summed E-state index contributed by atoms with van der Waals surface area (Å²) in [5.41, 5.74) is 5.50. The van der Waals surface area contributed by atoms with Crippen molar-refractivity contribution in [2.45, 2.75) is 26.8 Å². The molecule has 0 bridgehead atoms. The number of alkyl halides is 1. The molecule has 9 heteroatoms. The maximum atomic E-state index is 13.2. The summed E-state index contributed by atoms with van der Waals surface area (Å²) in [5, 5.41) is 8.47. The van der Waals surface area contributed by atoms with Gasteiger partial charge >= 0.3 is 0 Å². The first-order valence-electron chi connectivity index (χ1n) is 11.0. The van der Waals surface area contributed by atoms with Crippen molar-refractivity contribution in [3.63, 3.8) is 0 Å². The molecular formula is C26H24ClFN4O3. The molecule has 2 aromatic carbocycles. The molecule has 3 amide bonds. The highest BCUT2D eigenvalue weighted by molar-refractivity contribution is 6.35. The van der Waals surface area contributed by atoms with Crippen molar-refractivity contribution in [3.8, 4) is 0 Å². The van der Waals surface area contributed by atoms with Crippen molar-refractivity contribution < 1.29 is 18.8 Å². The van der Waals surface area contributed by atoms with Crippen LogP contribution in [-0.2, 0) is 9.59 Å². The van der Waals surface area contributed by atoms with Crippen molar-refractivity contribution in [2.24, 2.45) is 0 Å². The molecule has 0 fully saturated rings. The molecule has 180 valence electrons. The lowest BCUT2D eigenvalue weighted by Gasteiger charge is -2.15. The Hall–Kier alpha value is -3.91. The molecule has 35 heavy (non-hydrogen) atoms. The average molecular weight is 495 g/mol. The number of aromatic amines is 1. The lowest BCUT2D eigenvalue weighted by atomic mass is 10.0. The monoisotopic (exact) mass is 494 g/mol. The number of fused-ring (bicyclic) bond motifs is 1. The lowest BCUT2D eigenvalue weighted by molar-refractivity contribution is -0.114. The van der Waals surface area contributed by atoms with Crippen molar-refractivity contribution in [1.82, 2.24) is 10.3 Å². The molecule has 1 aromatic heterocycles. The van der Waals surface area contributed by atoms with Crippen LogP contribution in [0.2, 0.25) is 0 Å². The number of carbonyl (C=O) groups excluding carboxylic acids is 3. The summed E-state index contributed by atoms with van der Waals surface area (Å²) >= 11 is 5.60. The molecule has 7 nitrogen and oxygen atoms in total. The number of H-pyrrole nitrogens is 1. The fraction of sp³-hybridized carbons (Fsp3) is 0.192. The van der Waals surface area contributed by atoms with Crippen LogP contribution in [0, 0.1) is 19.7 Å². The molecule has 0 saturated carbocycles. The summed E-state index contributed by atoms with van der Waals surface area (Å²) in [6.45, 7) is 5.45. The molecule has 1 atom stereocenters. The van der Waals surface area contributed by atoms with Crippen LogP contribution >= 0.6 is 11.6 Å². The van der Waals surface area contributed by atoms with Gasteiger partial charge in [-0.15, -0.1) is 11.6 Å². The maximum absolute atomic E-state index is 13.2.